The van der Waals surface area contributed by atoms with Crippen molar-refractivity contribution in [2.24, 2.45) is 0 Å². The molecule has 0 atom stereocenters. The number of pyridine rings is 1. The summed E-state index contributed by atoms with van der Waals surface area (Å²) in [7, 11) is 0. The van der Waals surface area contributed by atoms with Gasteiger partial charge in [-0.05, 0) is 18.6 Å². The Morgan fingerprint density at radius 3 is 2.20 bits per heavy atom. The first-order valence-corrected chi connectivity index (χ1v) is 2.46. The first kappa shape index (κ1) is 12.2. The minimum atomic E-state index is 0. The quantitative estimate of drug-likeness (QED) is 0.662. The van der Waals surface area contributed by atoms with Gasteiger partial charge in [-0.25, -0.2) is 0 Å². The zero-order valence-corrected chi connectivity index (χ0v) is 7.21. The number of rotatable bonds is 0. The highest BCUT2D eigenvalue weighted by atomic mass is 35.5. The van der Waals surface area contributed by atoms with Gasteiger partial charge in [0.05, 0.1) is 5.69 Å². The molecular formula is C6H10Cl2N2. The lowest BCUT2D eigenvalue weighted by atomic mass is 10.3. The third-order valence-electron chi connectivity index (χ3n) is 0.896. The number of hydrogen-bond donors (Lipinski definition) is 1. The number of halogens is 2. The average Bonchev–Trinajstić information content (AvgIpc) is 1.64. The lowest BCUT2D eigenvalue weighted by molar-refractivity contribution is 1.27. The summed E-state index contributed by atoms with van der Waals surface area (Å²) in [6.07, 6.45) is 3.41. The molecule has 10 heavy (non-hydrogen) atoms. The van der Waals surface area contributed by atoms with Crippen molar-refractivity contribution in [1.82, 2.24) is 4.98 Å². The van der Waals surface area contributed by atoms with E-state index in [1.807, 2.05) is 13.0 Å². The van der Waals surface area contributed by atoms with E-state index in [-0.39, 0.29) is 24.8 Å². The Bertz CT molecular complexity index is 174. The van der Waals surface area contributed by atoms with Gasteiger partial charge >= 0.3 is 0 Å². The van der Waals surface area contributed by atoms with Crippen LogP contribution >= 0.6 is 24.8 Å². The fourth-order valence-electron chi connectivity index (χ4n) is 0.578. The maximum absolute atomic E-state index is 5.40. The van der Waals surface area contributed by atoms with Crippen molar-refractivity contribution in [3.63, 3.8) is 0 Å². The molecule has 58 valence electrons. The van der Waals surface area contributed by atoms with Gasteiger partial charge in [-0.3, -0.25) is 4.98 Å². The fraction of sp³-hybridized carbons (Fsp3) is 0.167. The topological polar surface area (TPSA) is 38.9 Å². The molecule has 1 aromatic heterocycles. The fourth-order valence-corrected chi connectivity index (χ4v) is 0.578. The van der Waals surface area contributed by atoms with E-state index < -0.39 is 0 Å². The summed E-state index contributed by atoms with van der Waals surface area (Å²) >= 11 is 0. The molecule has 1 rings (SSSR count). The Morgan fingerprint density at radius 1 is 1.30 bits per heavy atom. The second-order valence-electron chi connectivity index (χ2n) is 1.80. The van der Waals surface area contributed by atoms with Crippen LogP contribution in [-0.2, 0) is 0 Å². The molecule has 0 aliphatic heterocycles. The average molecular weight is 181 g/mol. The smallest absolute Gasteiger partial charge is 0.0503 e. The molecule has 0 radical (unpaired) electrons. The highest BCUT2D eigenvalue weighted by molar-refractivity contribution is 5.85. The SMILES string of the molecule is Cc1cncc(N)c1.Cl.Cl. The molecule has 0 aromatic carbocycles. The van der Waals surface area contributed by atoms with Crippen molar-refractivity contribution >= 4 is 30.5 Å². The molecule has 0 amide bonds. The minimum Gasteiger partial charge on any atom is -0.397 e. The zero-order chi connectivity index (χ0) is 5.98. The van der Waals surface area contributed by atoms with Crippen LogP contribution in [-0.4, -0.2) is 4.98 Å². The Hall–Kier alpha value is -0.470. The number of nitrogens with two attached hydrogens (primary N) is 1. The third kappa shape index (κ3) is 3.54. The maximum Gasteiger partial charge on any atom is 0.0503 e. The van der Waals surface area contributed by atoms with Gasteiger partial charge in [0.15, 0.2) is 0 Å². The number of anilines is 1. The predicted molar refractivity (Wildman–Crippen MR) is 47.9 cm³/mol. The van der Waals surface area contributed by atoms with Gasteiger partial charge in [-0.1, -0.05) is 0 Å². The van der Waals surface area contributed by atoms with Crippen LogP contribution in [0.2, 0.25) is 0 Å². The van der Waals surface area contributed by atoms with Gasteiger partial charge in [-0.15, -0.1) is 24.8 Å². The molecule has 4 heteroatoms. The van der Waals surface area contributed by atoms with Crippen LogP contribution in [0.15, 0.2) is 18.5 Å². The molecule has 0 fully saturated rings. The van der Waals surface area contributed by atoms with E-state index in [2.05, 4.69) is 4.98 Å². The van der Waals surface area contributed by atoms with E-state index in [1.165, 1.54) is 0 Å². The van der Waals surface area contributed by atoms with Crippen LogP contribution in [0, 0.1) is 6.92 Å². The highest BCUT2D eigenvalue weighted by Crippen LogP contribution is 1.99. The minimum absolute atomic E-state index is 0. The first-order chi connectivity index (χ1) is 3.79. The van der Waals surface area contributed by atoms with E-state index in [0.29, 0.717) is 0 Å². The van der Waals surface area contributed by atoms with Crippen LogP contribution in [0.5, 0.6) is 0 Å². The largest absolute Gasteiger partial charge is 0.397 e. The van der Waals surface area contributed by atoms with E-state index in [9.17, 15) is 0 Å². The Labute approximate surface area is 72.7 Å². The normalized spacial score (nSPS) is 7.30. The number of nitrogens with zero attached hydrogens (tertiary/aromatic N) is 1. The Balaban J connectivity index is 0. The molecule has 0 saturated carbocycles. The second-order valence-corrected chi connectivity index (χ2v) is 1.80. The molecule has 0 saturated heterocycles. The van der Waals surface area contributed by atoms with Crippen molar-refractivity contribution in [2.75, 3.05) is 5.73 Å². The number of aryl methyl sites for hydroxylation is 1. The van der Waals surface area contributed by atoms with Gasteiger partial charge in [0.2, 0.25) is 0 Å². The van der Waals surface area contributed by atoms with Gasteiger partial charge < -0.3 is 5.73 Å². The molecule has 0 unspecified atom stereocenters. The summed E-state index contributed by atoms with van der Waals surface area (Å²) in [4.78, 5) is 3.86. The lowest BCUT2D eigenvalue weighted by Gasteiger charge is -1.90. The van der Waals surface area contributed by atoms with Crippen LogP contribution in [0.4, 0.5) is 5.69 Å². The van der Waals surface area contributed by atoms with E-state index in [1.54, 1.807) is 12.4 Å². The summed E-state index contributed by atoms with van der Waals surface area (Å²) in [5.41, 5.74) is 7.22. The number of nitrogen functional groups attached to an aromatic ring is 1. The van der Waals surface area contributed by atoms with Gasteiger partial charge in [0, 0.05) is 12.4 Å². The molecule has 0 aliphatic carbocycles. The third-order valence-corrected chi connectivity index (χ3v) is 0.896. The van der Waals surface area contributed by atoms with Crippen LogP contribution in [0.3, 0.4) is 0 Å². The summed E-state index contributed by atoms with van der Waals surface area (Å²) < 4.78 is 0. The lowest BCUT2D eigenvalue weighted by Crippen LogP contribution is -1.85. The van der Waals surface area contributed by atoms with Gasteiger partial charge in [0.25, 0.3) is 0 Å². The summed E-state index contributed by atoms with van der Waals surface area (Å²) in [5.74, 6) is 0. The van der Waals surface area contributed by atoms with Crippen molar-refractivity contribution in [3.05, 3.63) is 24.0 Å². The van der Waals surface area contributed by atoms with Crippen molar-refractivity contribution in [1.29, 1.82) is 0 Å². The molecule has 2 nitrogen and oxygen atoms in total. The standard InChI is InChI=1S/C6H8N2.2ClH/c1-5-2-6(7)4-8-3-5;;/h2-4H,7H2,1H3;2*1H. The first-order valence-electron chi connectivity index (χ1n) is 2.46. The number of hydrogen-bond acceptors (Lipinski definition) is 2. The Morgan fingerprint density at radius 2 is 1.90 bits per heavy atom. The molecule has 0 bridgehead atoms. The molecular weight excluding hydrogens is 171 g/mol. The second kappa shape index (κ2) is 5.33. The monoisotopic (exact) mass is 180 g/mol. The van der Waals surface area contributed by atoms with Crippen molar-refractivity contribution in [2.45, 2.75) is 6.92 Å². The summed E-state index contributed by atoms with van der Waals surface area (Å²) in [5, 5.41) is 0. The highest BCUT2D eigenvalue weighted by Gasteiger charge is 1.82. The van der Waals surface area contributed by atoms with E-state index >= 15 is 0 Å². The van der Waals surface area contributed by atoms with Gasteiger partial charge in [0.1, 0.15) is 0 Å². The number of aromatic nitrogens is 1. The molecule has 0 spiro atoms. The molecule has 1 heterocycles. The zero-order valence-electron chi connectivity index (χ0n) is 5.57. The Kier molecular flexibility index (Phi) is 6.51. The molecule has 1 aromatic rings. The predicted octanol–water partition coefficient (Wildman–Crippen LogP) is 1.82. The van der Waals surface area contributed by atoms with E-state index in [4.69, 9.17) is 5.73 Å². The maximum atomic E-state index is 5.40. The van der Waals surface area contributed by atoms with Crippen LogP contribution in [0.25, 0.3) is 0 Å². The van der Waals surface area contributed by atoms with Gasteiger partial charge in [-0.2, -0.15) is 0 Å². The molecule has 2 N–H and O–H groups in total. The van der Waals surface area contributed by atoms with Crippen molar-refractivity contribution < 1.29 is 0 Å². The molecule has 0 aliphatic rings. The van der Waals surface area contributed by atoms with Crippen molar-refractivity contribution in [3.8, 4) is 0 Å². The summed E-state index contributed by atoms with van der Waals surface area (Å²) in [6, 6.07) is 1.88. The van der Waals surface area contributed by atoms with E-state index in [0.717, 1.165) is 11.3 Å². The van der Waals surface area contributed by atoms with Crippen LogP contribution in [0.1, 0.15) is 5.56 Å². The van der Waals surface area contributed by atoms with Crippen LogP contribution < -0.4 is 5.73 Å². The summed E-state index contributed by atoms with van der Waals surface area (Å²) in [6.45, 7) is 1.96.